The second kappa shape index (κ2) is 5.88. The van der Waals surface area contributed by atoms with Gasteiger partial charge in [0.15, 0.2) is 0 Å². The smallest absolute Gasteiger partial charge is 0.325 e. The molecule has 1 aliphatic rings. The topological polar surface area (TPSA) is 66.5 Å². The van der Waals surface area contributed by atoms with Crippen molar-refractivity contribution in [3.63, 3.8) is 0 Å². The first kappa shape index (κ1) is 16.8. The molecule has 0 unspecified atom stereocenters. The van der Waals surface area contributed by atoms with E-state index in [1.54, 1.807) is 0 Å². The van der Waals surface area contributed by atoms with Crippen molar-refractivity contribution in [3.8, 4) is 0 Å². The number of hydrogen-bond donors (Lipinski definition) is 1. The summed E-state index contributed by atoms with van der Waals surface area (Å²) in [6.45, 7) is 1.34. The van der Waals surface area contributed by atoms with Gasteiger partial charge >= 0.3 is 6.18 Å². The predicted molar refractivity (Wildman–Crippen MR) is 74.8 cm³/mol. The van der Waals surface area contributed by atoms with Crippen molar-refractivity contribution in [2.75, 3.05) is 24.2 Å². The summed E-state index contributed by atoms with van der Waals surface area (Å²) in [7, 11) is -3.42. The van der Waals surface area contributed by atoms with E-state index >= 15 is 0 Å². The molecule has 1 heterocycles. The van der Waals surface area contributed by atoms with Gasteiger partial charge in [-0.1, -0.05) is 0 Å². The molecule has 5 nitrogen and oxygen atoms in total. The Labute approximate surface area is 126 Å². The number of sulfonamides is 1. The van der Waals surface area contributed by atoms with E-state index in [1.807, 2.05) is 0 Å². The normalized spacial score (nSPS) is 18.4. The van der Waals surface area contributed by atoms with Gasteiger partial charge in [-0.15, -0.1) is 0 Å². The standard InChI is InChI=1S/C13H15F3N2O3S/c1-9-5-10(13(14,15)16)7-11(6-9)17-12(19)8-18-3-2-4-22(18,20)21/h5-7H,2-4,8H2,1H3,(H,17,19). The summed E-state index contributed by atoms with van der Waals surface area (Å²) < 4.78 is 62.3. The van der Waals surface area contributed by atoms with Crippen LogP contribution in [0, 0.1) is 6.92 Å². The number of rotatable bonds is 3. The monoisotopic (exact) mass is 336 g/mol. The second-order valence-electron chi connectivity index (χ2n) is 5.14. The van der Waals surface area contributed by atoms with Gasteiger partial charge in [0.2, 0.25) is 15.9 Å². The molecule has 0 saturated carbocycles. The van der Waals surface area contributed by atoms with Gasteiger partial charge in [-0.3, -0.25) is 4.79 Å². The molecule has 1 amide bonds. The zero-order valence-corrected chi connectivity index (χ0v) is 12.6. The molecule has 0 bridgehead atoms. The molecular formula is C13H15F3N2O3S. The van der Waals surface area contributed by atoms with Gasteiger partial charge in [0, 0.05) is 12.2 Å². The Kier molecular flexibility index (Phi) is 4.48. The van der Waals surface area contributed by atoms with E-state index in [0.717, 1.165) is 16.4 Å². The first-order valence-electron chi connectivity index (χ1n) is 6.54. The number of alkyl halides is 3. The molecule has 1 saturated heterocycles. The predicted octanol–water partition coefficient (Wildman–Crippen LogP) is 1.99. The minimum atomic E-state index is -4.51. The fourth-order valence-electron chi connectivity index (χ4n) is 2.25. The maximum Gasteiger partial charge on any atom is 0.416 e. The van der Waals surface area contributed by atoms with Crippen LogP contribution < -0.4 is 5.32 Å². The highest BCUT2D eigenvalue weighted by Gasteiger charge is 2.32. The molecular weight excluding hydrogens is 321 g/mol. The van der Waals surface area contributed by atoms with Crippen LogP contribution in [0.15, 0.2) is 18.2 Å². The SMILES string of the molecule is Cc1cc(NC(=O)CN2CCCS2(=O)=O)cc(C(F)(F)F)c1. The molecule has 2 rings (SSSR count). The zero-order chi connectivity index (χ0) is 16.5. The summed E-state index contributed by atoms with van der Waals surface area (Å²) in [5.74, 6) is -0.674. The van der Waals surface area contributed by atoms with E-state index in [9.17, 15) is 26.4 Å². The molecule has 1 N–H and O–H groups in total. The van der Waals surface area contributed by atoms with Crippen molar-refractivity contribution >= 4 is 21.6 Å². The average molecular weight is 336 g/mol. The molecule has 1 aliphatic heterocycles. The van der Waals surface area contributed by atoms with E-state index < -0.39 is 34.2 Å². The number of nitrogens with one attached hydrogen (secondary N) is 1. The lowest BCUT2D eigenvalue weighted by Crippen LogP contribution is -2.34. The third kappa shape index (κ3) is 3.98. The van der Waals surface area contributed by atoms with E-state index in [0.29, 0.717) is 12.0 Å². The molecule has 0 spiro atoms. The average Bonchev–Trinajstić information content (AvgIpc) is 2.66. The van der Waals surface area contributed by atoms with Crippen molar-refractivity contribution in [1.29, 1.82) is 0 Å². The van der Waals surface area contributed by atoms with Gasteiger partial charge in [-0.2, -0.15) is 17.5 Å². The molecule has 0 aromatic heterocycles. The third-order valence-electron chi connectivity index (χ3n) is 3.21. The quantitative estimate of drug-likeness (QED) is 0.918. The van der Waals surface area contributed by atoms with Gasteiger partial charge in [0.1, 0.15) is 0 Å². The van der Waals surface area contributed by atoms with E-state index in [4.69, 9.17) is 0 Å². The highest BCUT2D eigenvalue weighted by atomic mass is 32.2. The molecule has 22 heavy (non-hydrogen) atoms. The van der Waals surface area contributed by atoms with Gasteiger partial charge < -0.3 is 5.32 Å². The van der Waals surface area contributed by atoms with Gasteiger partial charge in [0.05, 0.1) is 17.9 Å². The third-order valence-corrected chi connectivity index (χ3v) is 5.11. The number of hydrogen-bond acceptors (Lipinski definition) is 3. The molecule has 1 aromatic rings. The van der Waals surface area contributed by atoms with Gasteiger partial charge in [-0.25, -0.2) is 8.42 Å². The Morgan fingerprint density at radius 1 is 1.32 bits per heavy atom. The van der Waals surface area contributed by atoms with E-state index in [2.05, 4.69) is 5.32 Å². The summed E-state index contributed by atoms with van der Waals surface area (Å²) in [5, 5.41) is 2.31. The first-order chi connectivity index (χ1) is 10.1. The van der Waals surface area contributed by atoms with Crippen LogP contribution in [-0.2, 0) is 21.0 Å². The highest BCUT2D eigenvalue weighted by molar-refractivity contribution is 7.89. The fraction of sp³-hybridized carbons (Fsp3) is 0.462. The zero-order valence-electron chi connectivity index (χ0n) is 11.8. The van der Waals surface area contributed by atoms with Crippen LogP contribution in [0.3, 0.4) is 0 Å². The van der Waals surface area contributed by atoms with Crippen molar-refractivity contribution in [1.82, 2.24) is 4.31 Å². The van der Waals surface area contributed by atoms with Crippen LogP contribution >= 0.6 is 0 Å². The number of aryl methyl sites for hydroxylation is 1. The summed E-state index contributed by atoms with van der Waals surface area (Å²) in [6, 6.07) is 3.19. The maximum atomic E-state index is 12.7. The number of amides is 1. The Morgan fingerprint density at radius 2 is 2.00 bits per heavy atom. The van der Waals surface area contributed by atoms with Gasteiger partial charge in [-0.05, 0) is 37.1 Å². The molecule has 1 fully saturated rings. The van der Waals surface area contributed by atoms with E-state index in [1.165, 1.54) is 13.0 Å². The summed E-state index contributed by atoms with van der Waals surface area (Å²) in [6.07, 6.45) is -4.07. The Hall–Kier alpha value is -1.61. The van der Waals surface area contributed by atoms with Crippen LogP contribution in [0.1, 0.15) is 17.5 Å². The van der Waals surface area contributed by atoms with Crippen molar-refractivity contribution in [3.05, 3.63) is 29.3 Å². The van der Waals surface area contributed by atoms with E-state index in [-0.39, 0.29) is 18.0 Å². The van der Waals surface area contributed by atoms with Crippen LogP contribution in [0.5, 0.6) is 0 Å². The van der Waals surface area contributed by atoms with Crippen LogP contribution in [-0.4, -0.2) is 37.5 Å². The Morgan fingerprint density at radius 3 is 2.55 bits per heavy atom. The number of anilines is 1. The number of carbonyl (C=O) groups excluding carboxylic acids is 1. The minimum Gasteiger partial charge on any atom is -0.325 e. The summed E-state index contributed by atoms with van der Waals surface area (Å²) in [5.41, 5.74) is -0.524. The Bertz CT molecular complexity index is 686. The van der Waals surface area contributed by atoms with Crippen LogP contribution in [0.4, 0.5) is 18.9 Å². The molecule has 1 aromatic carbocycles. The number of halogens is 3. The Balaban J connectivity index is 2.10. The molecule has 122 valence electrons. The van der Waals surface area contributed by atoms with Gasteiger partial charge in [0.25, 0.3) is 0 Å². The lowest BCUT2D eigenvalue weighted by molar-refractivity contribution is -0.137. The van der Waals surface area contributed by atoms with Crippen molar-refractivity contribution in [2.24, 2.45) is 0 Å². The number of carbonyl (C=O) groups is 1. The molecule has 0 atom stereocenters. The first-order valence-corrected chi connectivity index (χ1v) is 8.15. The highest BCUT2D eigenvalue weighted by Crippen LogP contribution is 2.31. The van der Waals surface area contributed by atoms with Crippen molar-refractivity contribution < 1.29 is 26.4 Å². The van der Waals surface area contributed by atoms with Crippen LogP contribution in [0.25, 0.3) is 0 Å². The summed E-state index contributed by atoms with van der Waals surface area (Å²) >= 11 is 0. The second-order valence-corrected chi connectivity index (χ2v) is 7.23. The lowest BCUT2D eigenvalue weighted by Gasteiger charge is -2.15. The lowest BCUT2D eigenvalue weighted by atomic mass is 10.1. The molecule has 9 heteroatoms. The van der Waals surface area contributed by atoms with Crippen LogP contribution in [0.2, 0.25) is 0 Å². The summed E-state index contributed by atoms with van der Waals surface area (Å²) in [4.78, 5) is 11.8. The maximum absolute atomic E-state index is 12.7. The number of benzene rings is 1. The fourth-order valence-corrected chi connectivity index (χ4v) is 3.72. The van der Waals surface area contributed by atoms with Crippen molar-refractivity contribution in [2.45, 2.75) is 19.5 Å². The minimum absolute atomic E-state index is 0.00563. The molecule has 0 radical (unpaired) electrons. The largest absolute Gasteiger partial charge is 0.416 e. The number of nitrogens with zero attached hydrogens (tertiary/aromatic N) is 1. The molecule has 0 aliphatic carbocycles.